The van der Waals surface area contributed by atoms with Gasteiger partial charge in [-0.15, -0.1) is 11.3 Å². The van der Waals surface area contributed by atoms with Gasteiger partial charge >= 0.3 is 12.2 Å². The van der Waals surface area contributed by atoms with Gasteiger partial charge < -0.3 is 14.0 Å². The lowest BCUT2D eigenvalue weighted by molar-refractivity contribution is 0.0429. The van der Waals surface area contributed by atoms with Crippen molar-refractivity contribution in [2.45, 2.75) is 59.3 Å². The van der Waals surface area contributed by atoms with Gasteiger partial charge in [0.05, 0.1) is 28.6 Å². The molecular weight excluding hydrogens is 484 g/mol. The summed E-state index contributed by atoms with van der Waals surface area (Å²) < 4.78 is 14.8. The molecule has 4 rings (SSSR count). The lowest BCUT2D eigenvalue weighted by atomic mass is 10.2. The van der Waals surface area contributed by atoms with E-state index in [1.165, 1.54) is 22.1 Å². The van der Waals surface area contributed by atoms with Gasteiger partial charge in [-0.25, -0.2) is 24.2 Å². The zero-order chi connectivity index (χ0) is 26.4. The molecule has 0 unspecified atom stereocenters. The van der Waals surface area contributed by atoms with E-state index in [0.29, 0.717) is 11.2 Å². The van der Waals surface area contributed by atoms with E-state index in [-0.39, 0.29) is 17.9 Å². The summed E-state index contributed by atoms with van der Waals surface area (Å²) in [6.07, 6.45) is -0.210. The Labute approximate surface area is 211 Å². The fourth-order valence-electron chi connectivity index (χ4n) is 3.56. The van der Waals surface area contributed by atoms with E-state index >= 15 is 0 Å². The molecule has 0 aliphatic rings. The summed E-state index contributed by atoms with van der Waals surface area (Å²) in [4.78, 5) is 48.6. The molecule has 0 radical (unpaired) electrons. The Kier molecular flexibility index (Phi) is 6.33. The predicted molar refractivity (Wildman–Crippen MR) is 136 cm³/mol. The number of hydrogen-bond donors (Lipinski definition) is 0. The molecule has 4 heterocycles. The van der Waals surface area contributed by atoms with Crippen LogP contribution in [-0.4, -0.2) is 47.7 Å². The first-order valence-electron chi connectivity index (χ1n) is 11.2. The zero-order valence-electron chi connectivity index (χ0n) is 21.2. The van der Waals surface area contributed by atoms with Crippen LogP contribution in [0.2, 0.25) is 0 Å². The fourth-order valence-corrected chi connectivity index (χ4v) is 4.39. The van der Waals surface area contributed by atoms with Gasteiger partial charge in [0.15, 0.2) is 5.65 Å². The van der Waals surface area contributed by atoms with Crippen LogP contribution in [0.5, 0.6) is 0 Å². The highest BCUT2D eigenvalue weighted by Crippen LogP contribution is 2.28. The Morgan fingerprint density at radius 3 is 2.31 bits per heavy atom. The number of aromatic nitrogens is 5. The number of hydrogen-bond acceptors (Lipinski definition) is 9. The zero-order valence-corrected chi connectivity index (χ0v) is 22.0. The number of pyridine rings is 1. The van der Waals surface area contributed by atoms with Crippen molar-refractivity contribution in [1.82, 2.24) is 24.3 Å². The summed E-state index contributed by atoms with van der Waals surface area (Å²) in [7, 11) is 1.79. The minimum absolute atomic E-state index is 0.00806. The van der Waals surface area contributed by atoms with Crippen LogP contribution in [0.25, 0.3) is 21.3 Å². The van der Waals surface area contributed by atoms with Crippen molar-refractivity contribution in [2.24, 2.45) is 7.05 Å². The fraction of sp³-hybridized carbons (Fsp3) is 0.417. The van der Waals surface area contributed by atoms with Gasteiger partial charge in [0.2, 0.25) is 0 Å². The summed E-state index contributed by atoms with van der Waals surface area (Å²) in [6.45, 7) is 10.2. The summed E-state index contributed by atoms with van der Waals surface area (Å²) in [5.74, 6) is 0.00806. The maximum atomic E-state index is 13.2. The second-order valence-corrected chi connectivity index (χ2v) is 11.1. The molecule has 0 atom stereocenters. The van der Waals surface area contributed by atoms with Gasteiger partial charge in [-0.05, 0) is 53.7 Å². The lowest BCUT2D eigenvalue weighted by Gasteiger charge is -2.28. The Balaban J connectivity index is 1.70. The van der Waals surface area contributed by atoms with Crippen molar-refractivity contribution in [1.29, 1.82) is 0 Å². The topological polar surface area (TPSA) is 121 Å². The average molecular weight is 513 g/mol. The summed E-state index contributed by atoms with van der Waals surface area (Å²) >= 11 is 1.45. The molecule has 2 amide bonds. The van der Waals surface area contributed by atoms with Crippen LogP contribution in [0.15, 0.2) is 34.7 Å². The molecule has 0 bridgehead atoms. The second-order valence-electron chi connectivity index (χ2n) is 10.2. The number of rotatable bonds is 3. The quantitative estimate of drug-likeness (QED) is 0.394. The molecule has 0 aromatic carbocycles. The maximum absolute atomic E-state index is 13.2. The van der Waals surface area contributed by atoms with E-state index in [2.05, 4.69) is 15.1 Å². The number of carbonyl (C=O) groups is 2. The first-order valence-corrected chi connectivity index (χ1v) is 12.1. The molecule has 11 nitrogen and oxygen atoms in total. The van der Waals surface area contributed by atoms with Crippen LogP contribution in [0, 0.1) is 0 Å². The first kappa shape index (κ1) is 25.3. The van der Waals surface area contributed by atoms with Crippen LogP contribution in [0.4, 0.5) is 15.4 Å². The third-order valence-electron chi connectivity index (χ3n) is 4.95. The maximum Gasteiger partial charge on any atom is 0.425 e. The van der Waals surface area contributed by atoms with E-state index in [0.717, 1.165) is 20.6 Å². The van der Waals surface area contributed by atoms with Crippen molar-refractivity contribution < 1.29 is 19.1 Å². The Morgan fingerprint density at radius 1 is 1.06 bits per heavy atom. The smallest absolute Gasteiger partial charge is 0.425 e. The van der Waals surface area contributed by atoms with Crippen molar-refractivity contribution >= 4 is 50.6 Å². The Hall–Kier alpha value is -3.80. The molecule has 0 aliphatic heterocycles. The molecule has 0 spiro atoms. The summed E-state index contributed by atoms with van der Waals surface area (Å²) in [6, 6.07) is 4.80. The van der Waals surface area contributed by atoms with Gasteiger partial charge in [0.1, 0.15) is 22.5 Å². The number of ether oxygens (including phenoxy) is 2. The number of thiazole rings is 1. The van der Waals surface area contributed by atoms with E-state index in [9.17, 15) is 14.4 Å². The van der Waals surface area contributed by atoms with E-state index in [1.54, 1.807) is 77.0 Å². The Bertz CT molecular complexity index is 1490. The molecule has 0 saturated heterocycles. The highest BCUT2D eigenvalue weighted by molar-refractivity contribution is 7.17. The monoisotopic (exact) mass is 512 g/mol. The first-order chi connectivity index (χ1) is 16.7. The van der Waals surface area contributed by atoms with Gasteiger partial charge in [-0.1, -0.05) is 6.07 Å². The summed E-state index contributed by atoms with van der Waals surface area (Å²) in [5, 5.41) is 5.05. The number of amides is 2. The molecular formula is C24H28N6O5S. The number of fused-ring (bicyclic) bond motifs is 3. The highest BCUT2D eigenvalue weighted by Gasteiger charge is 2.33. The number of nitrogens with zero attached hydrogens (tertiary/aromatic N) is 6. The van der Waals surface area contributed by atoms with Crippen LogP contribution in [0.3, 0.4) is 0 Å². The predicted octanol–water partition coefficient (Wildman–Crippen LogP) is 4.46. The molecule has 4 aromatic heterocycles. The molecule has 0 saturated carbocycles. The average Bonchev–Trinajstić information content (AvgIpc) is 3.31. The van der Waals surface area contributed by atoms with Gasteiger partial charge in [-0.2, -0.15) is 10.00 Å². The third kappa shape index (κ3) is 5.08. The number of aryl methyl sites for hydroxylation is 1. The highest BCUT2D eigenvalue weighted by atomic mass is 32.1. The van der Waals surface area contributed by atoms with E-state index in [1.807, 2.05) is 0 Å². The van der Waals surface area contributed by atoms with Crippen LogP contribution in [-0.2, 0) is 23.1 Å². The van der Waals surface area contributed by atoms with E-state index < -0.39 is 23.4 Å². The SMILES string of the molecule is Cn1c2ncsc2c2cnn(Cc3cccc(N(C(=O)OC(C)(C)C)C(=O)OC(C)(C)C)n3)c(=O)c21. The molecule has 0 N–H and O–H groups in total. The Morgan fingerprint density at radius 2 is 1.69 bits per heavy atom. The van der Waals surface area contributed by atoms with Crippen LogP contribution >= 0.6 is 11.3 Å². The standard InChI is InChI=1S/C24H28N6O5S/c1-23(2,3)34-21(32)30(22(33)35-24(4,5)6)16-10-8-9-14(27-16)12-29-20(31)17-15(11-26-29)18-19(28(17)7)25-13-36-18/h8-11,13H,12H2,1-7H3. The minimum atomic E-state index is -0.922. The molecule has 36 heavy (non-hydrogen) atoms. The normalized spacial score (nSPS) is 12.2. The number of carbonyl (C=O) groups excluding carboxylic acids is 2. The van der Waals surface area contributed by atoms with Crippen molar-refractivity contribution in [3.05, 3.63) is 46.0 Å². The van der Waals surface area contributed by atoms with E-state index in [4.69, 9.17) is 9.47 Å². The molecule has 0 aliphatic carbocycles. The number of imide groups is 1. The second kappa shape index (κ2) is 9.01. The van der Waals surface area contributed by atoms with Gasteiger partial charge in [0.25, 0.3) is 5.56 Å². The molecule has 4 aromatic rings. The minimum Gasteiger partial charge on any atom is -0.443 e. The van der Waals surface area contributed by atoms with Crippen molar-refractivity contribution in [3.63, 3.8) is 0 Å². The molecule has 190 valence electrons. The lowest BCUT2D eigenvalue weighted by Crippen LogP contribution is -2.44. The van der Waals surface area contributed by atoms with Crippen molar-refractivity contribution in [2.75, 3.05) is 4.90 Å². The third-order valence-corrected chi connectivity index (χ3v) is 5.80. The number of anilines is 1. The molecule has 0 fully saturated rings. The van der Waals surface area contributed by atoms with Crippen LogP contribution in [0.1, 0.15) is 47.2 Å². The van der Waals surface area contributed by atoms with Crippen molar-refractivity contribution in [3.8, 4) is 0 Å². The van der Waals surface area contributed by atoms with Gasteiger partial charge in [0, 0.05) is 12.4 Å². The van der Waals surface area contributed by atoms with Crippen LogP contribution < -0.4 is 10.5 Å². The largest absolute Gasteiger partial charge is 0.443 e. The van der Waals surface area contributed by atoms with Gasteiger partial charge in [-0.3, -0.25) is 4.79 Å². The molecule has 12 heteroatoms. The summed E-state index contributed by atoms with van der Waals surface area (Å²) in [5.41, 5.74) is 1.35.